The van der Waals surface area contributed by atoms with Crippen molar-refractivity contribution in [1.82, 2.24) is 4.98 Å². The van der Waals surface area contributed by atoms with Crippen molar-refractivity contribution in [2.75, 3.05) is 11.1 Å². The average Bonchev–Trinajstić information content (AvgIpc) is 3.25. The third-order valence-corrected chi connectivity index (χ3v) is 4.51. The number of nitrogen functional groups attached to an aromatic ring is 1. The van der Waals surface area contributed by atoms with E-state index < -0.39 is 0 Å². The molecule has 0 bridgehead atoms. The second kappa shape index (κ2) is 5.60. The molecule has 1 aromatic carbocycles. The van der Waals surface area contributed by atoms with Crippen molar-refractivity contribution in [2.24, 2.45) is 5.92 Å². The summed E-state index contributed by atoms with van der Waals surface area (Å²) in [6.07, 6.45) is 6.89. The highest BCUT2D eigenvalue weighted by Gasteiger charge is 2.25. The van der Waals surface area contributed by atoms with Crippen LogP contribution in [-0.4, -0.2) is 11.0 Å². The number of pyridine rings is 1. The van der Waals surface area contributed by atoms with Gasteiger partial charge in [0.05, 0.1) is 23.1 Å². The first-order valence-electron chi connectivity index (χ1n) is 7.27. The van der Waals surface area contributed by atoms with E-state index in [2.05, 4.69) is 39.2 Å². The Balaban J connectivity index is 1.95. The summed E-state index contributed by atoms with van der Waals surface area (Å²) in [5, 5.41) is 4.74. The van der Waals surface area contributed by atoms with Crippen molar-refractivity contribution in [3.05, 3.63) is 28.9 Å². The highest BCUT2D eigenvalue weighted by molar-refractivity contribution is 9.10. The lowest BCUT2D eigenvalue weighted by Gasteiger charge is -2.20. The Morgan fingerprint density at radius 1 is 1.45 bits per heavy atom. The molecule has 0 amide bonds. The molecule has 3 rings (SSSR count). The van der Waals surface area contributed by atoms with Gasteiger partial charge in [0.2, 0.25) is 0 Å². The molecule has 0 saturated heterocycles. The van der Waals surface area contributed by atoms with E-state index in [1.807, 2.05) is 12.1 Å². The Kier molecular flexibility index (Phi) is 3.83. The second-order valence-electron chi connectivity index (χ2n) is 5.68. The van der Waals surface area contributed by atoms with E-state index in [0.29, 0.717) is 6.04 Å². The molecule has 1 unspecified atom stereocenters. The smallest absolute Gasteiger partial charge is 0.0743 e. The van der Waals surface area contributed by atoms with Crippen molar-refractivity contribution < 1.29 is 0 Å². The number of aromatic nitrogens is 1. The summed E-state index contributed by atoms with van der Waals surface area (Å²) in [5.41, 5.74) is 8.88. The van der Waals surface area contributed by atoms with Gasteiger partial charge in [-0.05, 0) is 37.0 Å². The number of rotatable bonds is 5. The SMILES string of the molecule is CCC(CC1CC1)Nc1c(N)cnc2ccc(Br)cc12. The summed E-state index contributed by atoms with van der Waals surface area (Å²) in [4.78, 5) is 4.40. The molecule has 1 aromatic heterocycles. The lowest BCUT2D eigenvalue weighted by Crippen LogP contribution is -2.20. The Morgan fingerprint density at radius 2 is 2.25 bits per heavy atom. The molecule has 0 aliphatic heterocycles. The average molecular weight is 334 g/mol. The quantitative estimate of drug-likeness (QED) is 0.842. The summed E-state index contributed by atoms with van der Waals surface area (Å²) in [7, 11) is 0. The normalized spacial score (nSPS) is 16.3. The molecule has 106 valence electrons. The summed E-state index contributed by atoms with van der Waals surface area (Å²) in [5.74, 6) is 0.911. The maximum Gasteiger partial charge on any atom is 0.0743 e. The predicted octanol–water partition coefficient (Wildman–Crippen LogP) is 4.57. The molecular formula is C16H20BrN3. The van der Waals surface area contributed by atoms with E-state index in [0.717, 1.165) is 39.1 Å². The first kappa shape index (κ1) is 13.7. The Hall–Kier alpha value is -1.29. The second-order valence-corrected chi connectivity index (χ2v) is 6.59. The first-order chi connectivity index (χ1) is 9.67. The number of nitrogens with two attached hydrogens (primary N) is 1. The van der Waals surface area contributed by atoms with Crippen LogP contribution in [0.4, 0.5) is 11.4 Å². The minimum Gasteiger partial charge on any atom is -0.396 e. The number of halogens is 1. The maximum atomic E-state index is 6.15. The van der Waals surface area contributed by atoms with Crippen LogP contribution in [0.5, 0.6) is 0 Å². The number of hydrogen-bond acceptors (Lipinski definition) is 3. The predicted molar refractivity (Wildman–Crippen MR) is 88.9 cm³/mol. The molecule has 1 aliphatic carbocycles. The fraction of sp³-hybridized carbons (Fsp3) is 0.438. The van der Waals surface area contributed by atoms with E-state index in [1.54, 1.807) is 6.20 Å². The summed E-state index contributed by atoms with van der Waals surface area (Å²) in [6, 6.07) is 6.61. The van der Waals surface area contributed by atoms with Crippen LogP contribution in [0.15, 0.2) is 28.9 Å². The summed E-state index contributed by atoms with van der Waals surface area (Å²) < 4.78 is 1.05. The van der Waals surface area contributed by atoms with Gasteiger partial charge >= 0.3 is 0 Å². The number of hydrogen-bond donors (Lipinski definition) is 2. The molecule has 20 heavy (non-hydrogen) atoms. The Bertz CT molecular complexity index is 617. The van der Waals surface area contributed by atoms with Crippen molar-refractivity contribution in [3.63, 3.8) is 0 Å². The van der Waals surface area contributed by atoms with Crippen LogP contribution in [-0.2, 0) is 0 Å². The number of fused-ring (bicyclic) bond motifs is 1. The zero-order chi connectivity index (χ0) is 14.1. The number of nitrogens with zero attached hydrogens (tertiary/aromatic N) is 1. The lowest BCUT2D eigenvalue weighted by atomic mass is 10.1. The van der Waals surface area contributed by atoms with Gasteiger partial charge in [0.1, 0.15) is 0 Å². The molecule has 0 radical (unpaired) electrons. The molecule has 0 spiro atoms. The highest BCUT2D eigenvalue weighted by Crippen LogP contribution is 2.36. The molecule has 4 heteroatoms. The molecule has 2 aromatic rings. The summed E-state index contributed by atoms with van der Waals surface area (Å²) in [6.45, 7) is 2.23. The molecule has 1 saturated carbocycles. The maximum absolute atomic E-state index is 6.15. The zero-order valence-electron chi connectivity index (χ0n) is 11.7. The molecule has 3 nitrogen and oxygen atoms in total. The molecule has 3 N–H and O–H groups in total. The molecule has 1 atom stereocenters. The zero-order valence-corrected chi connectivity index (χ0v) is 13.3. The van der Waals surface area contributed by atoms with Crippen LogP contribution < -0.4 is 11.1 Å². The minimum atomic E-state index is 0.495. The highest BCUT2D eigenvalue weighted by atomic mass is 79.9. The van der Waals surface area contributed by atoms with E-state index in [1.165, 1.54) is 19.3 Å². The molecule has 1 heterocycles. The van der Waals surface area contributed by atoms with E-state index in [-0.39, 0.29) is 0 Å². The van der Waals surface area contributed by atoms with E-state index >= 15 is 0 Å². The molecule has 1 fully saturated rings. The van der Waals surface area contributed by atoms with Gasteiger partial charge in [-0.25, -0.2) is 0 Å². The van der Waals surface area contributed by atoms with Crippen molar-refractivity contribution in [1.29, 1.82) is 0 Å². The fourth-order valence-electron chi connectivity index (χ4n) is 2.63. The van der Waals surface area contributed by atoms with Gasteiger partial charge in [-0.2, -0.15) is 0 Å². The largest absolute Gasteiger partial charge is 0.396 e. The van der Waals surface area contributed by atoms with Gasteiger partial charge in [0.15, 0.2) is 0 Å². The Labute approximate surface area is 128 Å². The van der Waals surface area contributed by atoms with Gasteiger partial charge in [0, 0.05) is 15.9 Å². The third kappa shape index (κ3) is 2.90. The topological polar surface area (TPSA) is 50.9 Å². The standard InChI is InChI=1S/C16H20BrN3/c1-2-12(7-10-3-4-10)20-16-13-8-11(17)5-6-15(13)19-9-14(16)18/h5-6,8-10,12H,2-4,7,18H2,1H3,(H,19,20). The van der Waals surface area contributed by atoms with Crippen molar-refractivity contribution in [3.8, 4) is 0 Å². The summed E-state index contributed by atoms with van der Waals surface area (Å²) >= 11 is 3.53. The monoisotopic (exact) mass is 333 g/mol. The van der Waals surface area contributed by atoms with Crippen LogP contribution in [0.3, 0.4) is 0 Å². The number of nitrogens with one attached hydrogen (secondary N) is 1. The number of anilines is 2. The van der Waals surface area contributed by atoms with Crippen LogP contribution in [0.2, 0.25) is 0 Å². The Morgan fingerprint density at radius 3 is 2.95 bits per heavy atom. The third-order valence-electron chi connectivity index (χ3n) is 4.02. The van der Waals surface area contributed by atoms with E-state index in [9.17, 15) is 0 Å². The van der Waals surface area contributed by atoms with Gasteiger partial charge in [-0.3, -0.25) is 4.98 Å². The van der Waals surface area contributed by atoms with Crippen molar-refractivity contribution in [2.45, 2.75) is 38.6 Å². The van der Waals surface area contributed by atoms with Gasteiger partial charge in [0.25, 0.3) is 0 Å². The molecular weight excluding hydrogens is 314 g/mol. The van der Waals surface area contributed by atoms with Crippen molar-refractivity contribution >= 4 is 38.2 Å². The first-order valence-corrected chi connectivity index (χ1v) is 8.07. The molecule has 1 aliphatic rings. The van der Waals surface area contributed by atoms with Crippen LogP contribution in [0.1, 0.15) is 32.6 Å². The van der Waals surface area contributed by atoms with Gasteiger partial charge < -0.3 is 11.1 Å². The van der Waals surface area contributed by atoms with Crippen LogP contribution in [0, 0.1) is 5.92 Å². The van der Waals surface area contributed by atoms with E-state index in [4.69, 9.17) is 5.73 Å². The van der Waals surface area contributed by atoms with Crippen LogP contribution in [0.25, 0.3) is 10.9 Å². The lowest BCUT2D eigenvalue weighted by molar-refractivity contribution is 0.587. The fourth-order valence-corrected chi connectivity index (χ4v) is 2.99. The minimum absolute atomic E-state index is 0.495. The number of benzene rings is 1. The van der Waals surface area contributed by atoms with Gasteiger partial charge in [-0.15, -0.1) is 0 Å². The van der Waals surface area contributed by atoms with Crippen LogP contribution >= 0.6 is 15.9 Å². The van der Waals surface area contributed by atoms with Gasteiger partial charge in [-0.1, -0.05) is 35.7 Å².